The van der Waals surface area contributed by atoms with Crippen LogP contribution in [0.5, 0.6) is 0 Å². The van der Waals surface area contributed by atoms with E-state index in [-0.39, 0.29) is 0 Å². The molecule has 1 aliphatic rings. The average molecular weight is 190 g/mol. The Bertz CT molecular complexity index is 123. The van der Waals surface area contributed by atoms with Crippen molar-refractivity contribution in [1.82, 2.24) is 4.90 Å². The second-order valence-electron chi connectivity index (χ2n) is 4.08. The lowest BCUT2D eigenvalue weighted by molar-refractivity contribution is 0.294. The van der Waals surface area contributed by atoms with Gasteiger partial charge in [-0.1, -0.05) is 6.92 Å². The molecule has 0 N–H and O–H groups in total. The van der Waals surface area contributed by atoms with E-state index in [0.29, 0.717) is 0 Å². The molecule has 1 atom stereocenters. The number of hydrogen-bond donors (Lipinski definition) is 0. The molecular formula is C10H20ClN. The van der Waals surface area contributed by atoms with Crippen molar-refractivity contribution in [2.24, 2.45) is 5.92 Å². The van der Waals surface area contributed by atoms with Gasteiger partial charge in [-0.15, -0.1) is 11.6 Å². The van der Waals surface area contributed by atoms with Gasteiger partial charge in [0.15, 0.2) is 0 Å². The molecule has 0 aromatic heterocycles. The van der Waals surface area contributed by atoms with Gasteiger partial charge in [-0.2, -0.15) is 0 Å². The summed E-state index contributed by atoms with van der Waals surface area (Å²) >= 11 is 5.67. The van der Waals surface area contributed by atoms with Crippen LogP contribution < -0.4 is 0 Å². The third kappa shape index (κ3) is 3.77. The van der Waals surface area contributed by atoms with Gasteiger partial charge >= 0.3 is 0 Å². The normalized spacial score (nSPS) is 20.0. The first kappa shape index (κ1) is 10.3. The quantitative estimate of drug-likeness (QED) is 0.581. The van der Waals surface area contributed by atoms with Crippen LogP contribution in [0.25, 0.3) is 0 Å². The van der Waals surface area contributed by atoms with E-state index in [4.69, 9.17) is 11.6 Å². The molecule has 0 bridgehead atoms. The highest BCUT2D eigenvalue weighted by Gasteiger charge is 2.25. The second-order valence-corrected chi connectivity index (χ2v) is 4.46. The summed E-state index contributed by atoms with van der Waals surface area (Å²) in [6.45, 7) is 3.55. The fourth-order valence-electron chi connectivity index (χ4n) is 1.45. The molecule has 0 spiro atoms. The van der Waals surface area contributed by atoms with Crippen molar-refractivity contribution < 1.29 is 0 Å². The van der Waals surface area contributed by atoms with Gasteiger partial charge in [0, 0.05) is 11.9 Å². The zero-order valence-electron chi connectivity index (χ0n) is 8.22. The van der Waals surface area contributed by atoms with Gasteiger partial charge in [0.1, 0.15) is 0 Å². The fourth-order valence-corrected chi connectivity index (χ4v) is 1.83. The summed E-state index contributed by atoms with van der Waals surface area (Å²) in [5.41, 5.74) is 0. The van der Waals surface area contributed by atoms with Crippen molar-refractivity contribution in [3.63, 3.8) is 0 Å². The minimum atomic E-state index is 0.795. The second kappa shape index (κ2) is 5.08. The smallest absolute Gasteiger partial charge is 0.0225 e. The summed E-state index contributed by atoms with van der Waals surface area (Å²) in [7, 11) is 2.24. The summed E-state index contributed by atoms with van der Waals surface area (Å²) in [6.07, 6.45) is 5.31. The number of rotatable bonds is 6. The van der Waals surface area contributed by atoms with E-state index in [1.807, 2.05) is 0 Å². The van der Waals surface area contributed by atoms with Gasteiger partial charge in [0.2, 0.25) is 0 Å². The van der Waals surface area contributed by atoms with Crippen LogP contribution in [0.4, 0.5) is 0 Å². The predicted molar refractivity (Wildman–Crippen MR) is 54.8 cm³/mol. The fraction of sp³-hybridized carbons (Fsp3) is 1.00. The van der Waals surface area contributed by atoms with E-state index in [0.717, 1.165) is 17.8 Å². The molecule has 0 aromatic carbocycles. The van der Waals surface area contributed by atoms with Crippen LogP contribution in [-0.2, 0) is 0 Å². The van der Waals surface area contributed by atoms with Crippen molar-refractivity contribution in [3.8, 4) is 0 Å². The third-order valence-corrected chi connectivity index (χ3v) is 2.96. The largest absolute Gasteiger partial charge is 0.303 e. The summed E-state index contributed by atoms with van der Waals surface area (Å²) in [5.74, 6) is 1.61. The molecule has 1 saturated carbocycles. The standard InChI is InChI=1S/C10H20ClN/c1-9(5-7-11)6-8-12(2)10-3-4-10/h9-10H,3-8H2,1-2H3. The van der Waals surface area contributed by atoms with Gasteiger partial charge in [-0.05, 0) is 45.2 Å². The van der Waals surface area contributed by atoms with E-state index in [2.05, 4.69) is 18.9 Å². The highest BCUT2D eigenvalue weighted by molar-refractivity contribution is 6.17. The predicted octanol–water partition coefficient (Wildman–Crippen LogP) is 2.74. The third-order valence-electron chi connectivity index (χ3n) is 2.75. The number of halogens is 1. The van der Waals surface area contributed by atoms with E-state index >= 15 is 0 Å². The zero-order chi connectivity index (χ0) is 8.97. The number of alkyl halides is 1. The van der Waals surface area contributed by atoms with Crippen LogP contribution in [0.1, 0.15) is 32.6 Å². The van der Waals surface area contributed by atoms with Crippen molar-refractivity contribution in [1.29, 1.82) is 0 Å². The lowest BCUT2D eigenvalue weighted by atomic mass is 10.1. The first-order valence-electron chi connectivity index (χ1n) is 5.00. The summed E-state index contributed by atoms with van der Waals surface area (Å²) in [6, 6.07) is 0.910. The molecular weight excluding hydrogens is 170 g/mol. The molecule has 1 rings (SSSR count). The Balaban J connectivity index is 1.99. The van der Waals surface area contributed by atoms with Crippen molar-refractivity contribution >= 4 is 11.6 Å². The lowest BCUT2D eigenvalue weighted by Crippen LogP contribution is -2.23. The highest BCUT2D eigenvalue weighted by atomic mass is 35.5. The molecule has 0 aromatic rings. The molecule has 1 aliphatic carbocycles. The van der Waals surface area contributed by atoms with Crippen molar-refractivity contribution in [3.05, 3.63) is 0 Å². The van der Waals surface area contributed by atoms with Gasteiger partial charge in [0.25, 0.3) is 0 Å². The maximum Gasteiger partial charge on any atom is 0.0225 e. The Kier molecular flexibility index (Phi) is 4.38. The van der Waals surface area contributed by atoms with Crippen LogP contribution >= 0.6 is 11.6 Å². The van der Waals surface area contributed by atoms with E-state index in [9.17, 15) is 0 Å². The number of hydrogen-bond acceptors (Lipinski definition) is 1. The van der Waals surface area contributed by atoms with Gasteiger partial charge in [-0.3, -0.25) is 0 Å². The first-order chi connectivity index (χ1) is 5.74. The molecule has 1 unspecified atom stereocenters. The van der Waals surface area contributed by atoms with Crippen molar-refractivity contribution in [2.75, 3.05) is 19.5 Å². The zero-order valence-corrected chi connectivity index (χ0v) is 8.98. The van der Waals surface area contributed by atoms with E-state index in [1.165, 1.54) is 32.2 Å². The molecule has 1 fully saturated rings. The van der Waals surface area contributed by atoms with Crippen LogP contribution in [0.2, 0.25) is 0 Å². The summed E-state index contributed by atoms with van der Waals surface area (Å²) in [5, 5.41) is 0. The van der Waals surface area contributed by atoms with Crippen LogP contribution in [0.3, 0.4) is 0 Å². The summed E-state index contributed by atoms with van der Waals surface area (Å²) < 4.78 is 0. The van der Waals surface area contributed by atoms with Gasteiger partial charge in [-0.25, -0.2) is 0 Å². The van der Waals surface area contributed by atoms with Crippen molar-refractivity contribution in [2.45, 2.75) is 38.6 Å². The molecule has 2 heteroatoms. The maximum atomic E-state index is 5.67. The van der Waals surface area contributed by atoms with Gasteiger partial charge < -0.3 is 4.90 Å². The van der Waals surface area contributed by atoms with E-state index < -0.39 is 0 Å². The van der Waals surface area contributed by atoms with Crippen LogP contribution in [0.15, 0.2) is 0 Å². The molecule has 0 aliphatic heterocycles. The Morgan fingerprint density at radius 1 is 1.42 bits per heavy atom. The van der Waals surface area contributed by atoms with Crippen LogP contribution in [-0.4, -0.2) is 30.4 Å². The SMILES string of the molecule is CC(CCCl)CCN(C)C1CC1. The molecule has 0 amide bonds. The summed E-state index contributed by atoms with van der Waals surface area (Å²) in [4.78, 5) is 2.49. The Morgan fingerprint density at radius 3 is 2.58 bits per heavy atom. The minimum absolute atomic E-state index is 0.795. The highest BCUT2D eigenvalue weighted by Crippen LogP contribution is 2.25. The topological polar surface area (TPSA) is 3.24 Å². The average Bonchev–Trinajstić information content (AvgIpc) is 2.83. The molecule has 0 saturated heterocycles. The maximum absolute atomic E-state index is 5.67. The Hall–Kier alpha value is 0.250. The van der Waals surface area contributed by atoms with Crippen LogP contribution in [0, 0.1) is 5.92 Å². The number of nitrogens with zero attached hydrogens (tertiary/aromatic N) is 1. The van der Waals surface area contributed by atoms with E-state index in [1.54, 1.807) is 0 Å². The minimum Gasteiger partial charge on any atom is -0.303 e. The Morgan fingerprint density at radius 2 is 2.08 bits per heavy atom. The molecule has 72 valence electrons. The first-order valence-corrected chi connectivity index (χ1v) is 5.53. The monoisotopic (exact) mass is 189 g/mol. The molecule has 1 nitrogen and oxygen atoms in total. The Labute approximate surface area is 81.1 Å². The molecule has 0 heterocycles. The molecule has 0 radical (unpaired) electrons. The lowest BCUT2D eigenvalue weighted by Gasteiger charge is -2.17. The van der Waals surface area contributed by atoms with Gasteiger partial charge in [0.05, 0.1) is 0 Å². The molecule has 12 heavy (non-hydrogen) atoms.